The maximum atomic E-state index is 12.3. The Morgan fingerprint density at radius 1 is 1.39 bits per heavy atom. The Hall–Kier alpha value is -0.110. The number of hydrogen-bond donors (Lipinski definition) is 2. The average Bonchev–Trinajstić information content (AvgIpc) is 2.95. The van der Waals surface area contributed by atoms with Crippen molar-refractivity contribution < 1.29 is 8.42 Å². The number of anilines is 1. The molecule has 0 spiro atoms. The summed E-state index contributed by atoms with van der Waals surface area (Å²) in [5, 5.41) is 0. The van der Waals surface area contributed by atoms with Crippen LogP contribution in [0.5, 0.6) is 0 Å². The first-order valence-corrected chi connectivity index (χ1v) is 8.65. The molecule has 0 saturated heterocycles. The van der Waals surface area contributed by atoms with Crippen molar-refractivity contribution in [1.82, 2.24) is 4.72 Å². The van der Waals surface area contributed by atoms with Gasteiger partial charge >= 0.3 is 0 Å². The molecule has 0 aromatic heterocycles. The molecule has 0 aliphatic heterocycles. The van der Waals surface area contributed by atoms with Gasteiger partial charge < -0.3 is 5.73 Å². The molecule has 1 aromatic carbocycles. The normalized spacial score (nSPS) is 17.7. The second kappa shape index (κ2) is 5.11. The van der Waals surface area contributed by atoms with Crippen LogP contribution in [0.4, 0.5) is 5.69 Å². The Morgan fingerprint density at radius 3 is 2.50 bits per heavy atom. The first-order chi connectivity index (χ1) is 8.31. The van der Waals surface area contributed by atoms with Gasteiger partial charge in [0.25, 0.3) is 0 Å². The van der Waals surface area contributed by atoms with Gasteiger partial charge in [0.05, 0.1) is 5.69 Å². The second-order valence-electron chi connectivity index (χ2n) is 4.55. The molecular weight excluding hydrogens is 384 g/mol. The third-order valence-corrected chi connectivity index (χ3v) is 6.00. The van der Waals surface area contributed by atoms with Crippen LogP contribution in [-0.2, 0) is 10.0 Å². The van der Waals surface area contributed by atoms with Gasteiger partial charge in [0.2, 0.25) is 10.0 Å². The lowest BCUT2D eigenvalue weighted by molar-refractivity contribution is 0.538. The van der Waals surface area contributed by atoms with Crippen LogP contribution in [0.1, 0.15) is 19.8 Å². The molecule has 7 heteroatoms. The van der Waals surface area contributed by atoms with Gasteiger partial charge in [0, 0.05) is 15.0 Å². The van der Waals surface area contributed by atoms with E-state index in [4.69, 9.17) is 5.73 Å². The molecule has 1 aliphatic rings. The van der Waals surface area contributed by atoms with E-state index >= 15 is 0 Å². The van der Waals surface area contributed by atoms with Crippen LogP contribution in [0, 0.1) is 5.92 Å². The minimum atomic E-state index is -3.59. The van der Waals surface area contributed by atoms with E-state index < -0.39 is 10.0 Å². The highest BCUT2D eigenvalue weighted by Gasteiger charge is 2.32. The minimum Gasteiger partial charge on any atom is -0.398 e. The fourth-order valence-corrected chi connectivity index (χ4v) is 5.24. The number of halogens is 2. The minimum absolute atomic E-state index is 0.0510. The summed E-state index contributed by atoms with van der Waals surface area (Å²) in [6, 6.07) is 3.21. The molecular formula is C11H14Br2N2O2S. The van der Waals surface area contributed by atoms with Crippen molar-refractivity contribution in [3.05, 3.63) is 21.1 Å². The highest BCUT2D eigenvalue weighted by molar-refractivity contribution is 9.11. The molecule has 3 N–H and O–H groups in total. The van der Waals surface area contributed by atoms with Gasteiger partial charge in [0.1, 0.15) is 4.90 Å². The zero-order chi connectivity index (χ0) is 13.5. The van der Waals surface area contributed by atoms with E-state index in [2.05, 4.69) is 36.6 Å². The van der Waals surface area contributed by atoms with Crippen molar-refractivity contribution in [2.24, 2.45) is 5.92 Å². The van der Waals surface area contributed by atoms with Crippen molar-refractivity contribution in [1.29, 1.82) is 0 Å². The van der Waals surface area contributed by atoms with Gasteiger partial charge in [-0.05, 0) is 53.7 Å². The van der Waals surface area contributed by atoms with Crippen molar-refractivity contribution in [3.8, 4) is 0 Å². The topological polar surface area (TPSA) is 72.2 Å². The van der Waals surface area contributed by atoms with Gasteiger partial charge in [0.15, 0.2) is 0 Å². The summed E-state index contributed by atoms with van der Waals surface area (Å²) in [6.45, 7) is 1.89. The highest BCUT2D eigenvalue weighted by Crippen LogP contribution is 2.35. The molecule has 1 aliphatic carbocycles. The molecule has 0 heterocycles. The fraction of sp³-hybridized carbons (Fsp3) is 0.455. The van der Waals surface area contributed by atoms with Crippen LogP contribution in [0.2, 0.25) is 0 Å². The fourth-order valence-electron chi connectivity index (χ4n) is 1.86. The van der Waals surface area contributed by atoms with E-state index in [9.17, 15) is 8.42 Å². The molecule has 0 bridgehead atoms. The largest absolute Gasteiger partial charge is 0.398 e. The SMILES string of the molecule is CC(NS(=O)(=O)c1c(N)cc(Br)cc1Br)C1CC1. The van der Waals surface area contributed by atoms with Crippen LogP contribution >= 0.6 is 31.9 Å². The van der Waals surface area contributed by atoms with E-state index in [1.165, 1.54) is 0 Å². The number of rotatable bonds is 4. The number of hydrogen-bond acceptors (Lipinski definition) is 3. The van der Waals surface area contributed by atoms with Crippen molar-refractivity contribution in [2.45, 2.75) is 30.7 Å². The first-order valence-electron chi connectivity index (χ1n) is 5.58. The number of benzene rings is 1. The lowest BCUT2D eigenvalue weighted by Crippen LogP contribution is -2.34. The predicted molar refractivity (Wildman–Crippen MR) is 78.8 cm³/mol. The van der Waals surface area contributed by atoms with Gasteiger partial charge in [-0.2, -0.15) is 0 Å². The van der Waals surface area contributed by atoms with Gasteiger partial charge in [-0.3, -0.25) is 0 Å². The zero-order valence-electron chi connectivity index (χ0n) is 9.78. The maximum Gasteiger partial charge on any atom is 0.243 e. The lowest BCUT2D eigenvalue weighted by Gasteiger charge is -2.16. The molecule has 18 heavy (non-hydrogen) atoms. The van der Waals surface area contributed by atoms with E-state index in [-0.39, 0.29) is 16.6 Å². The zero-order valence-corrected chi connectivity index (χ0v) is 13.8. The first kappa shape index (κ1) is 14.3. The second-order valence-corrected chi connectivity index (χ2v) is 7.97. The summed E-state index contributed by atoms with van der Waals surface area (Å²) >= 11 is 6.52. The lowest BCUT2D eigenvalue weighted by atomic mass is 10.2. The van der Waals surface area contributed by atoms with Crippen molar-refractivity contribution in [2.75, 3.05) is 5.73 Å². The summed E-state index contributed by atoms with van der Waals surface area (Å²) < 4.78 is 28.5. The summed E-state index contributed by atoms with van der Waals surface area (Å²) in [7, 11) is -3.59. The molecule has 1 unspecified atom stereocenters. The van der Waals surface area contributed by atoms with Gasteiger partial charge in [-0.1, -0.05) is 15.9 Å². The summed E-state index contributed by atoms with van der Waals surface area (Å²) in [4.78, 5) is 0.109. The summed E-state index contributed by atoms with van der Waals surface area (Å²) in [5.74, 6) is 0.454. The predicted octanol–water partition coefficient (Wildman–Crippen LogP) is 2.87. The van der Waals surface area contributed by atoms with Crippen LogP contribution in [-0.4, -0.2) is 14.5 Å². The number of nitrogens with one attached hydrogen (secondary N) is 1. The number of nitrogen functional groups attached to an aromatic ring is 1. The summed E-state index contributed by atoms with van der Waals surface area (Å²) in [5.41, 5.74) is 6.03. The smallest absolute Gasteiger partial charge is 0.243 e. The Bertz CT molecular complexity index is 547. The molecule has 1 atom stereocenters. The van der Waals surface area contributed by atoms with Crippen molar-refractivity contribution in [3.63, 3.8) is 0 Å². The van der Waals surface area contributed by atoms with Gasteiger partial charge in [-0.25, -0.2) is 13.1 Å². The van der Waals surface area contributed by atoms with E-state index in [0.29, 0.717) is 10.4 Å². The standard InChI is InChI=1S/C11H14Br2N2O2S/c1-6(7-2-3-7)15-18(16,17)11-9(13)4-8(12)5-10(11)14/h4-7,15H,2-3,14H2,1H3. The third kappa shape index (κ3) is 3.07. The van der Waals surface area contributed by atoms with E-state index in [1.807, 2.05) is 6.92 Å². The van der Waals surface area contributed by atoms with Crippen LogP contribution in [0.15, 0.2) is 26.0 Å². The Balaban J connectivity index is 2.34. The van der Waals surface area contributed by atoms with Crippen LogP contribution in [0.3, 0.4) is 0 Å². The monoisotopic (exact) mass is 396 g/mol. The average molecular weight is 398 g/mol. The Labute approximate surface area is 124 Å². The van der Waals surface area contributed by atoms with E-state index in [0.717, 1.165) is 17.3 Å². The number of nitrogens with two attached hydrogens (primary N) is 1. The Morgan fingerprint density at radius 2 is 2.00 bits per heavy atom. The molecule has 1 fully saturated rings. The van der Waals surface area contributed by atoms with Crippen LogP contribution < -0.4 is 10.5 Å². The molecule has 0 amide bonds. The number of sulfonamides is 1. The quantitative estimate of drug-likeness (QED) is 0.767. The molecule has 100 valence electrons. The highest BCUT2D eigenvalue weighted by atomic mass is 79.9. The molecule has 1 aromatic rings. The van der Waals surface area contributed by atoms with Crippen molar-refractivity contribution >= 4 is 47.6 Å². The molecule has 0 radical (unpaired) electrons. The molecule has 4 nitrogen and oxygen atoms in total. The summed E-state index contributed by atoms with van der Waals surface area (Å²) in [6.07, 6.45) is 2.17. The molecule has 2 rings (SSSR count). The van der Waals surface area contributed by atoms with E-state index in [1.54, 1.807) is 12.1 Å². The van der Waals surface area contributed by atoms with Crippen LogP contribution in [0.25, 0.3) is 0 Å². The van der Waals surface area contributed by atoms with Gasteiger partial charge in [-0.15, -0.1) is 0 Å². The Kier molecular flexibility index (Phi) is 4.06. The maximum absolute atomic E-state index is 12.3. The molecule has 1 saturated carbocycles. The third-order valence-electron chi connectivity index (χ3n) is 2.98.